The van der Waals surface area contributed by atoms with E-state index < -0.39 is 0 Å². The van der Waals surface area contributed by atoms with E-state index in [0.29, 0.717) is 23.1 Å². The van der Waals surface area contributed by atoms with Crippen molar-refractivity contribution in [2.45, 2.75) is 27.3 Å². The van der Waals surface area contributed by atoms with Gasteiger partial charge in [-0.25, -0.2) is 0 Å². The molecule has 3 atom stereocenters. The second-order valence-corrected chi connectivity index (χ2v) is 7.31. The number of Topliss-reactive ketones (excluding diaryl/α,β-unsaturated/α-hetero) is 1. The van der Waals surface area contributed by atoms with Crippen LogP contribution >= 0.6 is 0 Å². The summed E-state index contributed by atoms with van der Waals surface area (Å²) in [7, 11) is 4.21. The molecule has 0 N–H and O–H groups in total. The molecule has 1 amide bonds. The number of likely N-dealkylation sites (tertiary alicyclic amines) is 1. The number of aryl methyl sites for hydroxylation is 1. The van der Waals surface area contributed by atoms with Gasteiger partial charge in [-0.05, 0) is 52.6 Å². The Labute approximate surface area is 137 Å². The van der Waals surface area contributed by atoms with Gasteiger partial charge in [0.25, 0.3) is 0 Å². The van der Waals surface area contributed by atoms with Crippen molar-refractivity contribution < 1.29 is 9.59 Å². The van der Waals surface area contributed by atoms with Crippen LogP contribution in [0.4, 0.5) is 0 Å². The third-order valence-electron chi connectivity index (χ3n) is 5.32. The van der Waals surface area contributed by atoms with Crippen molar-refractivity contribution in [3.63, 3.8) is 0 Å². The Morgan fingerprint density at radius 3 is 2.30 bits per heavy atom. The monoisotopic (exact) mass is 318 g/mol. The minimum absolute atomic E-state index is 0.00708. The van der Waals surface area contributed by atoms with Crippen molar-refractivity contribution in [2.75, 3.05) is 33.7 Å². The molecule has 0 aromatic carbocycles. The molecule has 1 aromatic rings. The highest BCUT2D eigenvalue weighted by Crippen LogP contribution is 2.51. The van der Waals surface area contributed by atoms with Gasteiger partial charge in [0.15, 0.2) is 5.78 Å². The maximum atomic E-state index is 12.5. The van der Waals surface area contributed by atoms with Crippen LogP contribution in [0.5, 0.6) is 0 Å². The van der Waals surface area contributed by atoms with E-state index in [2.05, 4.69) is 24.1 Å². The van der Waals surface area contributed by atoms with Crippen LogP contribution in [0, 0.1) is 31.6 Å². The predicted molar refractivity (Wildman–Crippen MR) is 87.3 cm³/mol. The van der Waals surface area contributed by atoms with E-state index in [1.54, 1.807) is 11.6 Å². The van der Waals surface area contributed by atoms with Gasteiger partial charge >= 0.3 is 0 Å². The van der Waals surface area contributed by atoms with Crippen LogP contribution in [0.3, 0.4) is 0 Å². The molecule has 2 fully saturated rings. The fourth-order valence-corrected chi connectivity index (χ4v) is 4.13. The number of carbonyl (C=O) groups is 2. The van der Waals surface area contributed by atoms with Crippen LogP contribution in [-0.4, -0.2) is 65.0 Å². The molecule has 1 aromatic heterocycles. The average molecular weight is 318 g/mol. The van der Waals surface area contributed by atoms with Gasteiger partial charge in [-0.2, -0.15) is 5.10 Å². The SMILES string of the molecule is CC(=O)c1c(C)nn(CC(=O)N2C[C@@H]3C(CN(C)C)[C@@H]3C2)c1C. The molecule has 0 spiro atoms. The first-order chi connectivity index (χ1) is 10.8. The molecule has 0 bridgehead atoms. The molecular weight excluding hydrogens is 292 g/mol. The normalized spacial score (nSPS) is 25.8. The van der Waals surface area contributed by atoms with Crippen molar-refractivity contribution in [3.8, 4) is 0 Å². The maximum Gasteiger partial charge on any atom is 0.244 e. The van der Waals surface area contributed by atoms with Gasteiger partial charge in [0.2, 0.25) is 5.91 Å². The number of aromatic nitrogens is 2. The number of fused-ring (bicyclic) bond motifs is 1. The van der Waals surface area contributed by atoms with Gasteiger partial charge in [0, 0.05) is 25.3 Å². The van der Waals surface area contributed by atoms with Crippen molar-refractivity contribution >= 4 is 11.7 Å². The molecule has 1 saturated heterocycles. The molecular formula is C17H26N4O2. The summed E-state index contributed by atoms with van der Waals surface area (Å²) in [4.78, 5) is 28.4. The van der Waals surface area contributed by atoms with E-state index in [1.165, 1.54) is 0 Å². The number of carbonyl (C=O) groups excluding carboxylic acids is 2. The number of hydrogen-bond acceptors (Lipinski definition) is 4. The van der Waals surface area contributed by atoms with Crippen molar-refractivity contribution in [3.05, 3.63) is 17.0 Å². The Morgan fingerprint density at radius 1 is 1.22 bits per heavy atom. The lowest BCUT2D eigenvalue weighted by Gasteiger charge is -2.21. The van der Waals surface area contributed by atoms with Crippen LogP contribution in [0.2, 0.25) is 0 Å². The third-order valence-corrected chi connectivity index (χ3v) is 5.32. The number of amides is 1. The molecule has 1 aliphatic carbocycles. The van der Waals surface area contributed by atoms with Crippen molar-refractivity contribution in [1.29, 1.82) is 0 Å². The molecule has 6 heteroatoms. The minimum Gasteiger partial charge on any atom is -0.340 e. The molecule has 0 radical (unpaired) electrons. The zero-order valence-corrected chi connectivity index (χ0v) is 14.7. The van der Waals surface area contributed by atoms with Crippen LogP contribution in [0.25, 0.3) is 0 Å². The summed E-state index contributed by atoms with van der Waals surface area (Å²) >= 11 is 0. The van der Waals surface area contributed by atoms with Crippen LogP contribution in [0.1, 0.15) is 28.7 Å². The summed E-state index contributed by atoms with van der Waals surface area (Å²) in [6, 6.07) is 0. The Bertz CT molecular complexity index is 637. The van der Waals surface area contributed by atoms with E-state index in [0.717, 1.165) is 31.2 Å². The fraction of sp³-hybridized carbons (Fsp3) is 0.706. The Hall–Kier alpha value is -1.69. The quantitative estimate of drug-likeness (QED) is 0.759. The molecule has 1 saturated carbocycles. The summed E-state index contributed by atoms with van der Waals surface area (Å²) in [6.07, 6.45) is 0. The van der Waals surface area contributed by atoms with E-state index in [9.17, 15) is 9.59 Å². The molecule has 1 aliphatic heterocycles. The lowest BCUT2D eigenvalue weighted by atomic mass is 10.1. The zero-order valence-electron chi connectivity index (χ0n) is 14.7. The summed E-state index contributed by atoms with van der Waals surface area (Å²) in [6.45, 7) is 8.33. The molecule has 2 aliphatic rings. The Balaban J connectivity index is 1.60. The van der Waals surface area contributed by atoms with Gasteiger partial charge in [0.1, 0.15) is 6.54 Å². The van der Waals surface area contributed by atoms with E-state index in [4.69, 9.17) is 0 Å². The number of rotatable bonds is 5. The van der Waals surface area contributed by atoms with E-state index >= 15 is 0 Å². The largest absolute Gasteiger partial charge is 0.340 e. The number of nitrogens with zero attached hydrogens (tertiary/aromatic N) is 4. The molecule has 2 heterocycles. The van der Waals surface area contributed by atoms with E-state index in [1.807, 2.05) is 18.7 Å². The molecule has 6 nitrogen and oxygen atoms in total. The number of piperidine rings is 1. The zero-order chi connectivity index (χ0) is 16.9. The third kappa shape index (κ3) is 2.92. The Kier molecular flexibility index (Phi) is 4.04. The van der Waals surface area contributed by atoms with Crippen LogP contribution in [0.15, 0.2) is 0 Å². The fourth-order valence-electron chi connectivity index (χ4n) is 4.13. The minimum atomic E-state index is 0.00708. The van der Waals surface area contributed by atoms with Gasteiger partial charge in [-0.15, -0.1) is 0 Å². The number of ketones is 1. The average Bonchev–Trinajstić information content (AvgIpc) is 2.82. The van der Waals surface area contributed by atoms with E-state index in [-0.39, 0.29) is 18.2 Å². The molecule has 23 heavy (non-hydrogen) atoms. The summed E-state index contributed by atoms with van der Waals surface area (Å²) < 4.78 is 1.68. The first kappa shape index (κ1) is 16.2. The second-order valence-electron chi connectivity index (χ2n) is 7.31. The lowest BCUT2D eigenvalue weighted by molar-refractivity contribution is -0.131. The lowest BCUT2D eigenvalue weighted by Crippen LogP contribution is -2.35. The highest BCUT2D eigenvalue weighted by atomic mass is 16.2. The summed E-state index contributed by atoms with van der Waals surface area (Å²) in [5, 5.41) is 4.37. The first-order valence-corrected chi connectivity index (χ1v) is 8.27. The highest BCUT2D eigenvalue weighted by molar-refractivity contribution is 5.96. The van der Waals surface area contributed by atoms with Gasteiger partial charge < -0.3 is 9.80 Å². The highest BCUT2D eigenvalue weighted by Gasteiger charge is 2.56. The standard InChI is InChI=1S/C17H26N4O2/c1-10-17(12(3)22)11(2)21(18-10)9-16(23)20-7-14-13(6-19(4)5)15(14)8-20/h13-15H,6-9H2,1-5H3/t13?,14-,15+. The molecule has 1 unspecified atom stereocenters. The molecule has 126 valence electrons. The maximum absolute atomic E-state index is 12.5. The number of hydrogen-bond donors (Lipinski definition) is 0. The van der Waals surface area contributed by atoms with Crippen molar-refractivity contribution in [2.24, 2.45) is 17.8 Å². The van der Waals surface area contributed by atoms with Gasteiger partial charge in [-0.1, -0.05) is 0 Å². The second kappa shape index (κ2) is 5.74. The molecule has 3 rings (SSSR count). The predicted octanol–water partition coefficient (Wildman–Crippen LogP) is 0.969. The van der Waals surface area contributed by atoms with Crippen LogP contribution in [-0.2, 0) is 11.3 Å². The van der Waals surface area contributed by atoms with Gasteiger partial charge in [-0.3, -0.25) is 14.3 Å². The smallest absolute Gasteiger partial charge is 0.244 e. The Morgan fingerprint density at radius 2 is 1.83 bits per heavy atom. The van der Waals surface area contributed by atoms with Crippen molar-refractivity contribution in [1.82, 2.24) is 19.6 Å². The van der Waals surface area contributed by atoms with Gasteiger partial charge in [0.05, 0.1) is 11.3 Å². The summed E-state index contributed by atoms with van der Waals surface area (Å²) in [5.41, 5.74) is 2.14. The topological polar surface area (TPSA) is 58.4 Å². The summed E-state index contributed by atoms with van der Waals surface area (Å²) in [5.74, 6) is 2.23. The van der Waals surface area contributed by atoms with Crippen LogP contribution < -0.4 is 0 Å². The first-order valence-electron chi connectivity index (χ1n) is 8.27.